The Bertz CT molecular complexity index is 2250. The molecule has 17 nitrogen and oxygen atoms in total. The average Bonchev–Trinajstić information content (AvgIpc) is 3.71. The van der Waals surface area contributed by atoms with Gasteiger partial charge in [0.2, 0.25) is 35.4 Å². The van der Waals surface area contributed by atoms with Gasteiger partial charge in [-0.1, -0.05) is 74.0 Å². The van der Waals surface area contributed by atoms with E-state index in [0.717, 1.165) is 39.8 Å². The lowest BCUT2D eigenvalue weighted by molar-refractivity contribution is -0.138. The number of hydrogen-bond acceptors (Lipinski definition) is 8. The number of unbranched alkanes of at least 4 members (excludes halogenated alkanes) is 1. The van der Waals surface area contributed by atoms with Crippen LogP contribution in [0.25, 0.3) is 10.9 Å². The normalized spacial score (nSPS) is 17.1. The zero-order chi connectivity index (χ0) is 46.8. The Balaban J connectivity index is 1.41. The van der Waals surface area contributed by atoms with Gasteiger partial charge in [-0.2, -0.15) is 0 Å². The molecule has 3 aromatic carbocycles. The number of para-hydroxylation sites is 1. The molecule has 17 heteroatoms. The number of amides is 6. The van der Waals surface area contributed by atoms with Gasteiger partial charge < -0.3 is 53.5 Å². The van der Waals surface area contributed by atoms with E-state index < -0.39 is 59.7 Å². The fraction of sp³-hybridized carbons (Fsp3) is 0.438. The number of carbonyl (C=O) groups is 6. The number of carbonyl (C=O) groups excluding carboxylic acids is 6. The van der Waals surface area contributed by atoms with Gasteiger partial charge in [-0.3, -0.25) is 33.8 Å². The number of hydrogen-bond donors (Lipinski definition) is 9. The SMILES string of the molecule is CCCCC(=O)NC1(C(=O)N[C@H](Cc2ccccc2)C(=O)N[C@@H](CCCN=C(N)N)C(=O)N[C@@H](Cc2c[nH]c3ccccc23)C(=O)NCC(N)=O)CCC(c2ccc(OCC)cc2)CC1. The van der Waals surface area contributed by atoms with Crippen LogP contribution in [-0.4, -0.2) is 89.7 Å². The molecule has 1 saturated carbocycles. The molecule has 4 aromatic rings. The number of ether oxygens (including phenoxy) is 1. The lowest BCUT2D eigenvalue weighted by Crippen LogP contribution is -2.64. The quantitative estimate of drug-likeness (QED) is 0.0284. The van der Waals surface area contributed by atoms with E-state index in [1.54, 1.807) is 6.20 Å². The number of nitrogens with two attached hydrogens (primary N) is 3. The lowest BCUT2D eigenvalue weighted by atomic mass is 9.73. The number of guanidine groups is 1. The maximum Gasteiger partial charge on any atom is 0.246 e. The van der Waals surface area contributed by atoms with Crippen molar-refractivity contribution < 1.29 is 33.5 Å². The summed E-state index contributed by atoms with van der Waals surface area (Å²) < 4.78 is 5.63. The maximum absolute atomic E-state index is 14.7. The van der Waals surface area contributed by atoms with Crippen molar-refractivity contribution in [2.75, 3.05) is 19.7 Å². The molecule has 1 aromatic heterocycles. The van der Waals surface area contributed by atoms with E-state index in [2.05, 4.69) is 36.6 Å². The Labute approximate surface area is 379 Å². The molecule has 6 amide bonds. The number of aromatic amines is 1. The number of fused-ring (bicyclic) bond motifs is 1. The first-order chi connectivity index (χ1) is 31.3. The number of aliphatic imine (C=N–C) groups is 1. The van der Waals surface area contributed by atoms with Gasteiger partial charge in [-0.05, 0) is 92.7 Å². The van der Waals surface area contributed by atoms with Crippen molar-refractivity contribution in [3.05, 3.63) is 102 Å². The summed E-state index contributed by atoms with van der Waals surface area (Å²) in [4.78, 5) is 89.5. The third kappa shape index (κ3) is 14.6. The zero-order valence-corrected chi connectivity index (χ0v) is 37.3. The van der Waals surface area contributed by atoms with Crippen molar-refractivity contribution >= 4 is 52.3 Å². The van der Waals surface area contributed by atoms with Crippen LogP contribution in [0.5, 0.6) is 5.75 Å². The van der Waals surface area contributed by atoms with Crippen LogP contribution in [0.15, 0.2) is 90.1 Å². The minimum Gasteiger partial charge on any atom is -0.494 e. The summed E-state index contributed by atoms with van der Waals surface area (Å²) in [5, 5.41) is 15.0. The summed E-state index contributed by atoms with van der Waals surface area (Å²) in [5.74, 6) is -2.76. The second kappa shape index (κ2) is 24.2. The Hall–Kier alpha value is -6.91. The highest BCUT2D eigenvalue weighted by Gasteiger charge is 2.44. The van der Waals surface area contributed by atoms with Gasteiger partial charge in [0.1, 0.15) is 29.4 Å². The molecule has 0 radical (unpaired) electrons. The molecule has 0 spiro atoms. The molecule has 1 aliphatic rings. The van der Waals surface area contributed by atoms with Crippen molar-refractivity contribution in [2.24, 2.45) is 22.2 Å². The van der Waals surface area contributed by atoms with Gasteiger partial charge in [0.15, 0.2) is 5.96 Å². The second-order valence-corrected chi connectivity index (χ2v) is 16.5. The maximum atomic E-state index is 14.7. The van der Waals surface area contributed by atoms with Gasteiger partial charge >= 0.3 is 0 Å². The first kappa shape index (κ1) is 49.1. The summed E-state index contributed by atoms with van der Waals surface area (Å²) in [5.41, 5.74) is 18.6. The number of primary amides is 1. The predicted octanol–water partition coefficient (Wildman–Crippen LogP) is 2.86. The molecule has 0 saturated heterocycles. The van der Waals surface area contributed by atoms with Crippen LogP contribution in [-0.2, 0) is 41.6 Å². The molecule has 3 atom stereocenters. The number of benzene rings is 3. The van der Waals surface area contributed by atoms with E-state index in [1.807, 2.05) is 92.7 Å². The molecular formula is C48H64N10O7. The van der Waals surface area contributed by atoms with Crippen molar-refractivity contribution in [2.45, 2.75) is 114 Å². The van der Waals surface area contributed by atoms with E-state index in [-0.39, 0.29) is 56.4 Å². The molecule has 1 heterocycles. The summed E-state index contributed by atoms with van der Waals surface area (Å²) >= 11 is 0. The third-order valence-corrected chi connectivity index (χ3v) is 11.7. The fourth-order valence-corrected chi connectivity index (χ4v) is 8.22. The Morgan fingerprint density at radius 2 is 1.45 bits per heavy atom. The minimum absolute atomic E-state index is 0.0349. The Kier molecular flexibility index (Phi) is 18.3. The van der Waals surface area contributed by atoms with E-state index in [0.29, 0.717) is 38.7 Å². The molecule has 12 N–H and O–H groups in total. The highest BCUT2D eigenvalue weighted by Crippen LogP contribution is 2.39. The summed E-state index contributed by atoms with van der Waals surface area (Å²) in [6.45, 7) is 4.16. The van der Waals surface area contributed by atoms with Crippen molar-refractivity contribution in [3.63, 3.8) is 0 Å². The zero-order valence-electron chi connectivity index (χ0n) is 37.3. The summed E-state index contributed by atoms with van der Waals surface area (Å²) in [6, 6.07) is 20.9. The molecule has 5 rings (SSSR count). The first-order valence-electron chi connectivity index (χ1n) is 22.5. The number of nitrogens with zero attached hydrogens (tertiary/aromatic N) is 1. The molecule has 0 aliphatic heterocycles. The number of nitrogens with one attached hydrogen (secondary N) is 6. The van der Waals surface area contributed by atoms with Crippen molar-refractivity contribution in [1.82, 2.24) is 31.6 Å². The van der Waals surface area contributed by atoms with Crippen LogP contribution in [0, 0.1) is 0 Å². The van der Waals surface area contributed by atoms with Crippen LogP contribution in [0.3, 0.4) is 0 Å². The highest BCUT2D eigenvalue weighted by atomic mass is 16.5. The Morgan fingerprint density at radius 3 is 2.12 bits per heavy atom. The molecule has 348 valence electrons. The van der Waals surface area contributed by atoms with E-state index in [4.69, 9.17) is 21.9 Å². The predicted molar refractivity (Wildman–Crippen MR) is 249 cm³/mol. The van der Waals surface area contributed by atoms with Crippen molar-refractivity contribution in [1.29, 1.82) is 0 Å². The highest BCUT2D eigenvalue weighted by molar-refractivity contribution is 5.98. The summed E-state index contributed by atoms with van der Waals surface area (Å²) in [7, 11) is 0. The minimum atomic E-state index is -1.30. The number of H-pyrrole nitrogens is 1. The number of aromatic nitrogens is 1. The number of rotatable bonds is 24. The van der Waals surface area contributed by atoms with Gasteiger partial charge in [0, 0.05) is 42.9 Å². The van der Waals surface area contributed by atoms with Crippen LogP contribution in [0.2, 0.25) is 0 Å². The third-order valence-electron chi connectivity index (χ3n) is 11.7. The van der Waals surface area contributed by atoms with Crippen LogP contribution in [0.1, 0.15) is 94.2 Å². The van der Waals surface area contributed by atoms with E-state index >= 15 is 0 Å². The summed E-state index contributed by atoms with van der Waals surface area (Å²) in [6.07, 6.45) is 5.73. The van der Waals surface area contributed by atoms with Gasteiger partial charge in [0.25, 0.3) is 0 Å². The molecular weight excluding hydrogens is 829 g/mol. The largest absolute Gasteiger partial charge is 0.494 e. The average molecular weight is 893 g/mol. The van der Waals surface area contributed by atoms with Crippen LogP contribution in [0.4, 0.5) is 0 Å². The topological polar surface area (TPSA) is 278 Å². The second-order valence-electron chi connectivity index (χ2n) is 16.5. The molecule has 0 bridgehead atoms. The molecule has 65 heavy (non-hydrogen) atoms. The monoisotopic (exact) mass is 892 g/mol. The first-order valence-corrected chi connectivity index (χ1v) is 22.5. The van der Waals surface area contributed by atoms with E-state index in [1.165, 1.54) is 0 Å². The Morgan fingerprint density at radius 1 is 0.785 bits per heavy atom. The molecule has 1 fully saturated rings. The van der Waals surface area contributed by atoms with Gasteiger partial charge in [-0.25, -0.2) is 0 Å². The van der Waals surface area contributed by atoms with Crippen LogP contribution < -0.4 is 48.5 Å². The smallest absolute Gasteiger partial charge is 0.246 e. The fourth-order valence-electron chi connectivity index (χ4n) is 8.22. The molecule has 1 aliphatic carbocycles. The van der Waals surface area contributed by atoms with Crippen molar-refractivity contribution in [3.8, 4) is 5.75 Å². The lowest BCUT2D eigenvalue weighted by Gasteiger charge is -2.40. The van der Waals surface area contributed by atoms with Gasteiger partial charge in [0.05, 0.1) is 13.2 Å². The van der Waals surface area contributed by atoms with E-state index in [9.17, 15) is 28.8 Å². The van der Waals surface area contributed by atoms with Crippen LogP contribution >= 0.6 is 0 Å². The van der Waals surface area contributed by atoms with Gasteiger partial charge in [-0.15, -0.1) is 0 Å². The standard InChI is InChI=1S/C48H64N10O7/c1-3-5-17-42(60)58-48(24-22-33(23-25-48)32-18-20-35(21-19-32)65-4-2)46(64)57-39(27-31-12-7-6-8-13-31)45(63)55-38(16-11-26-52-47(50)51)44(62)56-40(43(61)54-30-41(49)59)28-34-29-53-37-15-10-9-14-36(34)37/h6-10,12-15,18-21,29,33,38-40,53H,3-5,11,16-17,22-28,30H2,1-2H3,(H2,49,59)(H,54,61)(H,55,63)(H,56,62)(H,57,64)(H,58,60)(H4,50,51,52)/t33?,38-,39+,40-,48?/m0/s1. The molecule has 0 unspecified atom stereocenters.